The van der Waals surface area contributed by atoms with Crippen LogP contribution in [0.15, 0.2) is 30.5 Å². The van der Waals surface area contributed by atoms with Crippen molar-refractivity contribution < 1.29 is 4.74 Å². The normalized spacial score (nSPS) is 9.71. The Kier molecular flexibility index (Phi) is 3.43. The molecule has 1 heterocycles. The highest BCUT2D eigenvalue weighted by Gasteiger charge is 2.09. The maximum Gasteiger partial charge on any atom is 0.242 e. The number of benzene rings is 1. The van der Waals surface area contributed by atoms with Crippen LogP contribution in [0.5, 0.6) is 11.6 Å². The molecule has 0 N–H and O–H groups in total. The fourth-order valence-electron chi connectivity index (χ4n) is 1.15. The molecule has 0 atom stereocenters. The molecule has 0 aliphatic rings. The largest absolute Gasteiger partial charge is 0.436 e. The quantitative estimate of drug-likeness (QED) is 0.781. The van der Waals surface area contributed by atoms with Crippen LogP contribution in [0.4, 0.5) is 0 Å². The Balaban J connectivity index is 2.38. The van der Waals surface area contributed by atoms with E-state index in [-0.39, 0.29) is 16.2 Å². The minimum atomic E-state index is 0.0267. The van der Waals surface area contributed by atoms with Crippen LogP contribution >= 0.6 is 23.2 Å². The van der Waals surface area contributed by atoms with Crippen LogP contribution in [0.2, 0.25) is 10.3 Å². The molecule has 4 nitrogen and oxygen atoms in total. The Labute approximate surface area is 107 Å². The molecule has 0 aliphatic carbocycles. The molecule has 0 saturated heterocycles. The van der Waals surface area contributed by atoms with Crippen molar-refractivity contribution >= 4 is 23.2 Å². The second kappa shape index (κ2) is 5.00. The van der Waals surface area contributed by atoms with Gasteiger partial charge in [-0.1, -0.05) is 23.7 Å². The van der Waals surface area contributed by atoms with Gasteiger partial charge in [-0.15, -0.1) is 0 Å². The highest BCUT2D eigenvalue weighted by molar-refractivity contribution is 6.32. The first-order valence-corrected chi connectivity index (χ1v) is 5.31. The van der Waals surface area contributed by atoms with Crippen LogP contribution in [0, 0.1) is 11.3 Å². The molecule has 0 saturated carbocycles. The molecule has 0 aliphatic heterocycles. The molecule has 1 aromatic carbocycles. The highest BCUT2D eigenvalue weighted by atomic mass is 35.5. The zero-order valence-electron chi connectivity index (χ0n) is 8.39. The zero-order valence-corrected chi connectivity index (χ0v) is 9.90. The Morgan fingerprint density at radius 1 is 1.24 bits per heavy atom. The second-order valence-electron chi connectivity index (χ2n) is 3.00. The van der Waals surface area contributed by atoms with Gasteiger partial charge in [-0.3, -0.25) is 0 Å². The van der Waals surface area contributed by atoms with Crippen molar-refractivity contribution in [1.82, 2.24) is 9.97 Å². The summed E-state index contributed by atoms with van der Waals surface area (Å²) in [6.45, 7) is 0. The fraction of sp³-hybridized carbons (Fsp3) is 0. The predicted molar refractivity (Wildman–Crippen MR) is 63.3 cm³/mol. The maximum atomic E-state index is 8.90. The topological polar surface area (TPSA) is 58.8 Å². The van der Waals surface area contributed by atoms with Gasteiger partial charge in [0.05, 0.1) is 11.8 Å². The Hall–Kier alpha value is -1.83. The minimum Gasteiger partial charge on any atom is -0.436 e. The number of halogens is 2. The van der Waals surface area contributed by atoms with E-state index in [0.717, 1.165) is 0 Å². The Morgan fingerprint density at radius 2 is 2.00 bits per heavy atom. The number of hydrogen-bond acceptors (Lipinski definition) is 4. The van der Waals surface area contributed by atoms with Crippen molar-refractivity contribution in [2.75, 3.05) is 0 Å². The van der Waals surface area contributed by atoms with Gasteiger partial charge in [0.1, 0.15) is 16.8 Å². The lowest BCUT2D eigenvalue weighted by Gasteiger charge is -2.07. The molecular weight excluding hydrogens is 261 g/mol. The molecule has 0 bridgehead atoms. The summed E-state index contributed by atoms with van der Waals surface area (Å²) < 4.78 is 5.42. The molecule has 0 unspecified atom stereocenters. The van der Waals surface area contributed by atoms with Crippen LogP contribution in [-0.4, -0.2) is 9.97 Å². The van der Waals surface area contributed by atoms with E-state index in [1.54, 1.807) is 24.3 Å². The van der Waals surface area contributed by atoms with E-state index in [2.05, 4.69) is 9.97 Å². The first-order valence-electron chi connectivity index (χ1n) is 4.55. The van der Waals surface area contributed by atoms with Crippen molar-refractivity contribution in [1.29, 1.82) is 5.26 Å². The zero-order chi connectivity index (χ0) is 12.3. The van der Waals surface area contributed by atoms with Gasteiger partial charge in [-0.25, -0.2) is 4.98 Å². The third-order valence-electron chi connectivity index (χ3n) is 1.90. The molecule has 0 radical (unpaired) electrons. The molecule has 0 spiro atoms. The molecule has 0 fully saturated rings. The lowest BCUT2D eigenvalue weighted by molar-refractivity contribution is 0.460. The standard InChI is InChI=1S/C11H5Cl2N3O/c12-8-6-15-11(13)16-10(8)17-9-4-2-1-3-7(9)5-14/h1-4,6H. The van der Waals surface area contributed by atoms with E-state index in [1.807, 2.05) is 6.07 Å². The van der Waals surface area contributed by atoms with Crippen LogP contribution in [0.1, 0.15) is 5.56 Å². The fourth-order valence-corrected chi connectivity index (χ4v) is 1.41. The number of hydrogen-bond donors (Lipinski definition) is 0. The summed E-state index contributed by atoms with van der Waals surface area (Å²) in [4.78, 5) is 7.54. The number of rotatable bonds is 2. The van der Waals surface area contributed by atoms with Crippen LogP contribution in [0.25, 0.3) is 0 Å². The predicted octanol–water partition coefficient (Wildman–Crippen LogP) is 3.45. The van der Waals surface area contributed by atoms with Crippen molar-refractivity contribution in [3.63, 3.8) is 0 Å². The maximum absolute atomic E-state index is 8.90. The molecule has 0 amide bonds. The molecular formula is C11H5Cl2N3O. The summed E-state index contributed by atoms with van der Waals surface area (Å²) in [7, 11) is 0. The van der Waals surface area contributed by atoms with E-state index in [4.69, 9.17) is 33.2 Å². The smallest absolute Gasteiger partial charge is 0.242 e. The average molecular weight is 266 g/mol. The van der Waals surface area contributed by atoms with Gasteiger partial charge in [-0.2, -0.15) is 10.2 Å². The van der Waals surface area contributed by atoms with E-state index in [9.17, 15) is 0 Å². The van der Waals surface area contributed by atoms with Crippen molar-refractivity contribution in [3.8, 4) is 17.7 Å². The first-order chi connectivity index (χ1) is 8.20. The van der Waals surface area contributed by atoms with E-state index < -0.39 is 0 Å². The van der Waals surface area contributed by atoms with Gasteiger partial charge in [0.2, 0.25) is 11.2 Å². The molecule has 2 rings (SSSR count). The number of nitrogens with zero attached hydrogens (tertiary/aromatic N) is 3. The molecule has 1 aromatic heterocycles. The van der Waals surface area contributed by atoms with Crippen LogP contribution < -0.4 is 4.74 Å². The Bertz CT molecular complexity index is 596. The lowest BCUT2D eigenvalue weighted by Crippen LogP contribution is -1.93. The summed E-state index contributed by atoms with van der Waals surface area (Å²) in [5.74, 6) is 0.487. The van der Waals surface area contributed by atoms with Gasteiger partial charge >= 0.3 is 0 Å². The number of aromatic nitrogens is 2. The summed E-state index contributed by atoms with van der Waals surface area (Å²) in [5, 5.41) is 9.15. The van der Waals surface area contributed by atoms with Crippen molar-refractivity contribution in [2.24, 2.45) is 0 Å². The van der Waals surface area contributed by atoms with E-state index in [0.29, 0.717) is 11.3 Å². The molecule has 84 valence electrons. The van der Waals surface area contributed by atoms with E-state index in [1.165, 1.54) is 6.20 Å². The van der Waals surface area contributed by atoms with E-state index >= 15 is 0 Å². The number of ether oxygens (including phenoxy) is 1. The minimum absolute atomic E-state index is 0.0267. The van der Waals surface area contributed by atoms with Crippen LogP contribution in [-0.2, 0) is 0 Å². The third-order valence-corrected chi connectivity index (χ3v) is 2.34. The van der Waals surface area contributed by atoms with Gasteiger partial charge < -0.3 is 4.74 Å². The van der Waals surface area contributed by atoms with Gasteiger partial charge in [0.25, 0.3) is 0 Å². The first kappa shape index (κ1) is 11.6. The summed E-state index contributed by atoms with van der Waals surface area (Å²) in [6, 6.07) is 8.76. The van der Waals surface area contributed by atoms with Gasteiger partial charge in [-0.05, 0) is 23.7 Å². The third kappa shape index (κ3) is 2.64. The monoisotopic (exact) mass is 265 g/mol. The number of nitriles is 1. The van der Waals surface area contributed by atoms with Crippen molar-refractivity contribution in [2.45, 2.75) is 0 Å². The molecule has 17 heavy (non-hydrogen) atoms. The van der Waals surface area contributed by atoms with Crippen LogP contribution in [0.3, 0.4) is 0 Å². The highest BCUT2D eigenvalue weighted by Crippen LogP contribution is 2.29. The number of para-hydroxylation sites is 1. The summed E-state index contributed by atoms with van der Waals surface area (Å²) >= 11 is 11.5. The second-order valence-corrected chi connectivity index (χ2v) is 3.75. The Morgan fingerprint density at radius 3 is 2.76 bits per heavy atom. The van der Waals surface area contributed by atoms with Gasteiger partial charge in [0, 0.05) is 0 Å². The van der Waals surface area contributed by atoms with Crippen molar-refractivity contribution in [3.05, 3.63) is 46.3 Å². The molecule has 2 aromatic rings. The SMILES string of the molecule is N#Cc1ccccc1Oc1nc(Cl)ncc1Cl. The summed E-state index contributed by atoms with van der Waals surface area (Å²) in [6.07, 6.45) is 1.33. The summed E-state index contributed by atoms with van der Waals surface area (Å²) in [5.41, 5.74) is 0.387. The average Bonchev–Trinajstić information content (AvgIpc) is 2.34. The lowest BCUT2D eigenvalue weighted by atomic mass is 10.2. The van der Waals surface area contributed by atoms with Gasteiger partial charge in [0.15, 0.2) is 0 Å². The molecule has 6 heteroatoms.